The van der Waals surface area contributed by atoms with Crippen LogP contribution in [0.3, 0.4) is 0 Å². The summed E-state index contributed by atoms with van der Waals surface area (Å²) in [6.45, 7) is 3.21. The summed E-state index contributed by atoms with van der Waals surface area (Å²) in [4.78, 5) is 2.33. The van der Waals surface area contributed by atoms with Crippen molar-refractivity contribution < 1.29 is 9.13 Å². The number of nitrogens with zero attached hydrogens (tertiary/aromatic N) is 4. The minimum Gasteiger partial charge on any atom is -0.384 e. The van der Waals surface area contributed by atoms with Crippen LogP contribution in [0.25, 0.3) is 0 Å². The van der Waals surface area contributed by atoms with Crippen LogP contribution in [0.2, 0.25) is 0 Å². The van der Waals surface area contributed by atoms with Gasteiger partial charge in [-0.2, -0.15) is 10.4 Å². The van der Waals surface area contributed by atoms with Gasteiger partial charge in [-0.1, -0.05) is 6.07 Å². The van der Waals surface area contributed by atoms with Crippen molar-refractivity contribution in [2.24, 2.45) is 13.0 Å². The van der Waals surface area contributed by atoms with Crippen LogP contribution >= 0.6 is 0 Å². The zero-order valence-corrected chi connectivity index (χ0v) is 13.9. The van der Waals surface area contributed by atoms with Crippen LogP contribution in [-0.4, -0.2) is 41.5 Å². The predicted molar refractivity (Wildman–Crippen MR) is 87.7 cm³/mol. The first kappa shape index (κ1) is 16.6. The fourth-order valence-corrected chi connectivity index (χ4v) is 3.50. The normalized spacial score (nSPS) is 21.1. The van der Waals surface area contributed by atoms with Gasteiger partial charge in [0.15, 0.2) is 0 Å². The highest BCUT2D eigenvalue weighted by molar-refractivity contribution is 5.34. The Bertz CT molecular complexity index is 752. The van der Waals surface area contributed by atoms with E-state index >= 15 is 0 Å². The van der Waals surface area contributed by atoms with Crippen molar-refractivity contribution in [3.63, 3.8) is 0 Å². The van der Waals surface area contributed by atoms with Gasteiger partial charge in [-0.15, -0.1) is 0 Å². The van der Waals surface area contributed by atoms with E-state index < -0.39 is 5.82 Å². The molecule has 2 heterocycles. The van der Waals surface area contributed by atoms with Crippen LogP contribution < -0.4 is 0 Å². The topological polar surface area (TPSA) is 54.1 Å². The van der Waals surface area contributed by atoms with Crippen LogP contribution in [0.5, 0.6) is 0 Å². The number of aryl methyl sites for hydroxylation is 1. The van der Waals surface area contributed by atoms with Gasteiger partial charge in [-0.25, -0.2) is 4.39 Å². The van der Waals surface area contributed by atoms with E-state index in [4.69, 9.17) is 10.00 Å². The Morgan fingerprint density at radius 3 is 2.92 bits per heavy atom. The number of benzene rings is 1. The number of methoxy groups -OCH3 is 1. The molecule has 1 aromatic heterocycles. The van der Waals surface area contributed by atoms with Crippen LogP contribution in [0.1, 0.15) is 22.6 Å². The minimum atomic E-state index is -0.465. The Labute approximate surface area is 141 Å². The maximum absolute atomic E-state index is 13.5. The largest absolute Gasteiger partial charge is 0.384 e. The van der Waals surface area contributed by atoms with Gasteiger partial charge >= 0.3 is 0 Å². The van der Waals surface area contributed by atoms with E-state index in [1.807, 2.05) is 24.0 Å². The monoisotopic (exact) mass is 328 g/mol. The molecule has 3 rings (SSSR count). The lowest BCUT2D eigenvalue weighted by molar-refractivity contribution is 0.147. The molecule has 0 radical (unpaired) electrons. The molecule has 0 N–H and O–H groups in total. The van der Waals surface area contributed by atoms with Crippen LogP contribution in [0.4, 0.5) is 4.39 Å². The summed E-state index contributed by atoms with van der Waals surface area (Å²) in [7, 11) is 3.64. The van der Waals surface area contributed by atoms with E-state index in [9.17, 15) is 4.39 Å². The van der Waals surface area contributed by atoms with Gasteiger partial charge < -0.3 is 4.74 Å². The van der Waals surface area contributed by atoms with E-state index in [-0.39, 0.29) is 5.56 Å². The number of ether oxygens (including phenoxy) is 1. The summed E-state index contributed by atoms with van der Waals surface area (Å²) < 4.78 is 20.7. The molecule has 0 bridgehead atoms. The smallest absolute Gasteiger partial charge is 0.140 e. The highest BCUT2D eigenvalue weighted by atomic mass is 19.1. The number of aromatic nitrogens is 2. The zero-order valence-electron chi connectivity index (χ0n) is 13.9. The summed E-state index contributed by atoms with van der Waals surface area (Å²) in [6, 6.07) is 6.66. The maximum Gasteiger partial charge on any atom is 0.140 e. The first-order valence-corrected chi connectivity index (χ1v) is 7.99. The molecule has 1 aliphatic rings. The SMILES string of the molecule is COC[C@@H]1CN(Cc2ccc(F)c(C#N)c2)C[C@H]1c1cnn(C)c1. The van der Waals surface area contributed by atoms with Crippen LogP contribution in [0, 0.1) is 23.1 Å². The van der Waals surface area contributed by atoms with Gasteiger partial charge in [-0.05, 0) is 23.3 Å². The molecular formula is C18H21FN4O. The Balaban J connectivity index is 1.74. The summed E-state index contributed by atoms with van der Waals surface area (Å²) in [5.74, 6) is 0.304. The van der Waals surface area contributed by atoms with Crippen molar-refractivity contribution in [1.82, 2.24) is 14.7 Å². The predicted octanol–water partition coefficient (Wildman–Crippen LogP) is 2.29. The molecule has 5 nitrogen and oxygen atoms in total. The summed E-state index contributed by atoms with van der Waals surface area (Å²) in [5, 5.41) is 13.3. The third-order valence-electron chi connectivity index (χ3n) is 4.61. The maximum atomic E-state index is 13.5. The second-order valence-corrected chi connectivity index (χ2v) is 6.39. The first-order chi connectivity index (χ1) is 11.6. The molecule has 1 fully saturated rings. The second kappa shape index (κ2) is 7.12. The molecule has 2 atom stereocenters. The fourth-order valence-electron chi connectivity index (χ4n) is 3.50. The number of hydrogen-bond acceptors (Lipinski definition) is 4. The van der Waals surface area contributed by atoms with E-state index in [0.717, 1.165) is 18.7 Å². The van der Waals surface area contributed by atoms with Gasteiger partial charge in [0, 0.05) is 51.8 Å². The highest BCUT2D eigenvalue weighted by Gasteiger charge is 2.34. The number of hydrogen-bond donors (Lipinski definition) is 0. The molecular weight excluding hydrogens is 307 g/mol. The van der Waals surface area contributed by atoms with Gasteiger partial charge in [-0.3, -0.25) is 9.58 Å². The molecule has 6 heteroatoms. The number of likely N-dealkylation sites (tertiary alicyclic amines) is 1. The van der Waals surface area contributed by atoms with Crippen molar-refractivity contribution in [3.05, 3.63) is 53.1 Å². The van der Waals surface area contributed by atoms with E-state index in [2.05, 4.69) is 16.2 Å². The van der Waals surface area contributed by atoms with Crippen molar-refractivity contribution >= 4 is 0 Å². The van der Waals surface area contributed by atoms with Crippen molar-refractivity contribution in [3.8, 4) is 6.07 Å². The number of halogens is 1. The molecule has 24 heavy (non-hydrogen) atoms. The quantitative estimate of drug-likeness (QED) is 0.845. The lowest BCUT2D eigenvalue weighted by atomic mass is 9.92. The third kappa shape index (κ3) is 3.48. The summed E-state index contributed by atoms with van der Waals surface area (Å²) >= 11 is 0. The van der Waals surface area contributed by atoms with Crippen molar-refractivity contribution in [2.75, 3.05) is 26.8 Å². The highest BCUT2D eigenvalue weighted by Crippen LogP contribution is 2.33. The Kier molecular flexibility index (Phi) is 4.93. The molecule has 1 aromatic carbocycles. The molecule has 0 amide bonds. The Morgan fingerprint density at radius 2 is 2.25 bits per heavy atom. The summed E-state index contributed by atoms with van der Waals surface area (Å²) in [6.07, 6.45) is 3.98. The molecule has 0 unspecified atom stereocenters. The van der Waals surface area contributed by atoms with Gasteiger partial charge in [0.05, 0.1) is 18.4 Å². The molecule has 2 aromatic rings. The number of rotatable bonds is 5. The minimum absolute atomic E-state index is 0.101. The Morgan fingerprint density at radius 1 is 1.42 bits per heavy atom. The van der Waals surface area contributed by atoms with Crippen molar-refractivity contribution in [1.29, 1.82) is 5.26 Å². The van der Waals surface area contributed by atoms with Gasteiger partial charge in [0.25, 0.3) is 0 Å². The standard InChI is InChI=1S/C18H21FN4O/c1-22-9-15(7-21-22)17-11-23(10-16(17)12-24-2)8-13-3-4-18(19)14(5-13)6-20/h3-5,7,9,16-17H,8,10-12H2,1-2H3/t16-,17-/m0/s1. The third-order valence-corrected chi connectivity index (χ3v) is 4.61. The lowest BCUT2D eigenvalue weighted by Gasteiger charge is -2.16. The molecule has 126 valence electrons. The van der Waals surface area contributed by atoms with Crippen LogP contribution in [-0.2, 0) is 18.3 Å². The molecule has 1 saturated heterocycles. The van der Waals surface area contributed by atoms with Gasteiger partial charge in [0.1, 0.15) is 11.9 Å². The fraction of sp³-hybridized carbons (Fsp3) is 0.444. The zero-order chi connectivity index (χ0) is 17.1. The average molecular weight is 328 g/mol. The molecule has 1 aliphatic heterocycles. The number of nitriles is 1. The molecule has 0 spiro atoms. The molecule has 0 saturated carbocycles. The second-order valence-electron chi connectivity index (χ2n) is 6.39. The lowest BCUT2D eigenvalue weighted by Crippen LogP contribution is -2.21. The van der Waals surface area contributed by atoms with Crippen molar-refractivity contribution in [2.45, 2.75) is 12.5 Å². The van der Waals surface area contributed by atoms with Gasteiger partial charge in [0.2, 0.25) is 0 Å². The summed E-state index contributed by atoms with van der Waals surface area (Å²) in [5.41, 5.74) is 2.28. The van der Waals surface area contributed by atoms with E-state index in [1.165, 1.54) is 11.6 Å². The first-order valence-electron chi connectivity index (χ1n) is 7.99. The average Bonchev–Trinajstić information content (AvgIpc) is 3.16. The molecule has 0 aliphatic carbocycles. The van der Waals surface area contributed by atoms with E-state index in [0.29, 0.717) is 25.0 Å². The van der Waals surface area contributed by atoms with E-state index in [1.54, 1.807) is 19.2 Å². The van der Waals surface area contributed by atoms with Crippen LogP contribution in [0.15, 0.2) is 30.6 Å². The Hall–Kier alpha value is -2.23.